The van der Waals surface area contributed by atoms with Crippen LogP contribution in [0.4, 0.5) is 68.2 Å². The topological polar surface area (TPSA) is 13.0 Å². The van der Waals surface area contributed by atoms with Crippen molar-refractivity contribution in [1.82, 2.24) is 0 Å². The van der Waals surface area contributed by atoms with Crippen molar-refractivity contribution in [2.45, 2.75) is 157 Å². The first-order chi connectivity index (χ1) is 53.8. The molecule has 2 aliphatic heterocycles. The van der Waals surface area contributed by atoms with E-state index in [-0.39, 0.29) is 39.2 Å². The molecule has 0 fully saturated rings. The molecule has 0 amide bonds. The van der Waals surface area contributed by atoms with E-state index in [2.05, 4.69) is 466 Å². The predicted octanol–water partition coefficient (Wildman–Crippen LogP) is 28.8. The number of nitrogens with zero attached hydrogens (tertiary/aromatic N) is 4. The number of hydrogen-bond donors (Lipinski definition) is 0. The smallest absolute Gasteiger partial charge is 0.252 e. The van der Waals surface area contributed by atoms with Gasteiger partial charge in [-0.05, 0) is 225 Å². The highest BCUT2D eigenvalue weighted by molar-refractivity contribution is 7.00. The maximum atomic E-state index is 2.72. The van der Waals surface area contributed by atoms with Crippen LogP contribution < -0.4 is 36.0 Å². The van der Waals surface area contributed by atoms with Gasteiger partial charge in [-0.2, -0.15) is 0 Å². The molecular weight excluding hydrogens is 1360 g/mol. The van der Waals surface area contributed by atoms with Crippen LogP contribution in [0.3, 0.4) is 0 Å². The summed E-state index contributed by atoms with van der Waals surface area (Å²) in [5.41, 5.74) is 35.1. The number of fused-ring (bicyclic) bond motifs is 4. The summed E-state index contributed by atoms with van der Waals surface area (Å²) in [5.74, 6) is 0. The van der Waals surface area contributed by atoms with E-state index < -0.39 is 0 Å². The van der Waals surface area contributed by atoms with E-state index in [0.717, 1.165) is 124 Å². The minimum absolute atomic E-state index is 0.0488. The lowest BCUT2D eigenvalue weighted by molar-refractivity contribution is 0.590. The Balaban J connectivity index is 1.10. The SMILES string of the molecule is CC(C)(C)c1ccc(N(c2ccc(C(C)(C)C)cc2)c2ccc3c(c2)N(c2c(-c4ccccc4)cc(C(C)(C)C)cc2-c2ccccc2)c2cc(-c4ccccc4)cc4c2B3c2ccc(N(c3ccc(C(C)(C)C)cc3)c3ccc(C(C)(C)C)cc3)cc2N4c2c(-c3ccccc3)cc(C(C)(C)C)cc2-c2ccccc2)cc1. The standard InChI is InChI=1S/C108H107BN4/c1-103(2,3)78-44-52-84(53-45-78)110(85-54-46-79(47-55-85)104(4,5)6)88-60-62-94-96(70-88)112(101-90(73-36-26-20-27-37-73)66-82(107(13,14)15)67-91(101)74-38-28-21-29-39-74)98-64-77(72-34-24-19-25-35-72)65-99-100(98)109(94)95-63-61-89(111(86-56-48-80(49-57-86)105(7,8)9)87-58-50-81(51-59-87)106(10,11)12)71-97(95)113(99)102-92(75-40-30-22-31-41-75)68-83(108(16,17)18)69-93(102)76-42-32-23-33-43-76/h19-71H,1-18H3. The van der Waals surface area contributed by atoms with E-state index in [1.807, 2.05) is 0 Å². The van der Waals surface area contributed by atoms with Crippen molar-refractivity contribution in [3.8, 4) is 55.6 Å². The molecule has 16 rings (SSSR count). The minimum atomic E-state index is -0.301. The molecule has 14 aromatic carbocycles. The van der Waals surface area contributed by atoms with E-state index in [4.69, 9.17) is 0 Å². The molecular formula is C108H107BN4. The molecule has 562 valence electrons. The van der Waals surface area contributed by atoms with Crippen LogP contribution in [-0.2, 0) is 32.5 Å². The third-order valence-corrected chi connectivity index (χ3v) is 23.4. The molecule has 5 heteroatoms. The Hall–Kier alpha value is -11.7. The Morgan fingerprint density at radius 3 is 0.673 bits per heavy atom. The summed E-state index contributed by atoms with van der Waals surface area (Å²) in [6, 6.07) is 123. The van der Waals surface area contributed by atoms with Crippen LogP contribution in [-0.4, -0.2) is 6.71 Å². The Morgan fingerprint density at radius 2 is 0.434 bits per heavy atom. The molecule has 2 heterocycles. The molecule has 14 aromatic rings. The van der Waals surface area contributed by atoms with E-state index in [9.17, 15) is 0 Å². The Morgan fingerprint density at radius 1 is 0.204 bits per heavy atom. The Labute approximate surface area is 674 Å². The quantitative estimate of drug-likeness (QED) is 0.107. The summed E-state index contributed by atoms with van der Waals surface area (Å²) in [7, 11) is 0. The maximum absolute atomic E-state index is 2.72. The first kappa shape index (κ1) is 75.4. The summed E-state index contributed by atoms with van der Waals surface area (Å²) >= 11 is 0. The normalized spacial score (nSPS) is 13.0. The molecule has 0 saturated carbocycles. The van der Waals surface area contributed by atoms with Gasteiger partial charge >= 0.3 is 0 Å². The van der Waals surface area contributed by atoms with Crippen LogP contribution >= 0.6 is 0 Å². The molecule has 0 atom stereocenters. The molecule has 113 heavy (non-hydrogen) atoms. The molecule has 0 radical (unpaired) electrons. The summed E-state index contributed by atoms with van der Waals surface area (Å²) in [6.07, 6.45) is 0. The molecule has 0 aliphatic carbocycles. The molecule has 0 saturated heterocycles. The van der Waals surface area contributed by atoms with Crippen LogP contribution in [0.1, 0.15) is 158 Å². The molecule has 0 aromatic heterocycles. The van der Waals surface area contributed by atoms with Crippen molar-refractivity contribution < 1.29 is 0 Å². The molecule has 4 nitrogen and oxygen atoms in total. The largest absolute Gasteiger partial charge is 0.310 e. The fraction of sp³-hybridized carbons (Fsp3) is 0.222. The monoisotopic (exact) mass is 1470 g/mol. The van der Waals surface area contributed by atoms with Gasteiger partial charge in [0.1, 0.15) is 0 Å². The lowest BCUT2D eigenvalue weighted by Crippen LogP contribution is -2.61. The van der Waals surface area contributed by atoms with Gasteiger partial charge in [-0.15, -0.1) is 0 Å². The van der Waals surface area contributed by atoms with Gasteiger partial charge in [-0.25, -0.2) is 0 Å². The zero-order valence-electron chi connectivity index (χ0n) is 69.5. The van der Waals surface area contributed by atoms with Gasteiger partial charge < -0.3 is 19.6 Å². The van der Waals surface area contributed by atoms with Crippen LogP contribution in [0.2, 0.25) is 0 Å². The third-order valence-electron chi connectivity index (χ3n) is 23.4. The fourth-order valence-electron chi connectivity index (χ4n) is 16.8. The van der Waals surface area contributed by atoms with E-state index in [1.165, 1.54) is 49.8 Å². The number of hydrogen-bond acceptors (Lipinski definition) is 4. The highest BCUT2D eigenvalue weighted by atomic mass is 15.2. The minimum Gasteiger partial charge on any atom is -0.310 e. The van der Waals surface area contributed by atoms with Crippen molar-refractivity contribution in [2.24, 2.45) is 0 Å². The summed E-state index contributed by atoms with van der Waals surface area (Å²) < 4.78 is 0. The zero-order valence-corrected chi connectivity index (χ0v) is 69.5. The van der Waals surface area contributed by atoms with E-state index >= 15 is 0 Å². The van der Waals surface area contributed by atoms with Crippen molar-refractivity contribution in [2.75, 3.05) is 19.6 Å². The molecule has 2 aliphatic rings. The zero-order chi connectivity index (χ0) is 79.3. The van der Waals surface area contributed by atoms with Gasteiger partial charge in [-0.1, -0.05) is 337 Å². The van der Waals surface area contributed by atoms with Crippen LogP contribution in [0.25, 0.3) is 55.6 Å². The summed E-state index contributed by atoms with van der Waals surface area (Å²) in [6.45, 7) is 41.5. The molecule has 0 spiro atoms. The van der Waals surface area contributed by atoms with E-state index in [1.54, 1.807) is 0 Å². The lowest BCUT2D eigenvalue weighted by Gasteiger charge is -2.46. The number of benzene rings is 14. The first-order valence-corrected chi connectivity index (χ1v) is 40.6. The predicted molar refractivity (Wildman–Crippen MR) is 489 cm³/mol. The second-order valence-electron chi connectivity index (χ2n) is 37.5. The second kappa shape index (κ2) is 28.8. The highest BCUT2D eigenvalue weighted by Crippen LogP contribution is 2.57. The van der Waals surface area contributed by atoms with Crippen LogP contribution in [0.15, 0.2) is 322 Å². The van der Waals surface area contributed by atoms with E-state index in [0.29, 0.717) is 0 Å². The molecule has 0 bridgehead atoms. The second-order valence-corrected chi connectivity index (χ2v) is 37.5. The number of rotatable bonds is 13. The first-order valence-electron chi connectivity index (χ1n) is 40.6. The Kier molecular flexibility index (Phi) is 19.2. The van der Waals surface area contributed by atoms with Gasteiger partial charge in [-0.3, -0.25) is 0 Å². The van der Waals surface area contributed by atoms with Gasteiger partial charge in [0.05, 0.1) is 11.4 Å². The van der Waals surface area contributed by atoms with Crippen LogP contribution in [0, 0.1) is 0 Å². The summed E-state index contributed by atoms with van der Waals surface area (Å²) in [5, 5.41) is 0. The van der Waals surface area contributed by atoms with Gasteiger partial charge in [0.25, 0.3) is 6.71 Å². The van der Waals surface area contributed by atoms with Crippen molar-refractivity contribution in [3.63, 3.8) is 0 Å². The van der Waals surface area contributed by atoms with Gasteiger partial charge in [0, 0.05) is 79.1 Å². The maximum Gasteiger partial charge on any atom is 0.252 e. The average Bonchev–Trinajstić information content (AvgIpc) is 0.685. The molecule has 0 unspecified atom stereocenters. The summed E-state index contributed by atoms with van der Waals surface area (Å²) in [4.78, 5) is 10.4. The van der Waals surface area contributed by atoms with Crippen molar-refractivity contribution in [3.05, 3.63) is 355 Å². The average molecular weight is 1470 g/mol. The number of anilines is 12. The Bertz CT molecular complexity index is 5230. The highest BCUT2D eigenvalue weighted by Gasteiger charge is 2.47. The fourth-order valence-corrected chi connectivity index (χ4v) is 16.8. The molecule has 0 N–H and O–H groups in total. The third kappa shape index (κ3) is 14.5. The van der Waals surface area contributed by atoms with Crippen molar-refractivity contribution >= 4 is 91.3 Å². The van der Waals surface area contributed by atoms with Gasteiger partial charge in [0.2, 0.25) is 0 Å². The van der Waals surface area contributed by atoms with Crippen molar-refractivity contribution in [1.29, 1.82) is 0 Å². The van der Waals surface area contributed by atoms with Crippen LogP contribution in [0.5, 0.6) is 0 Å². The lowest BCUT2D eigenvalue weighted by atomic mass is 9.33. The van der Waals surface area contributed by atoms with Gasteiger partial charge in [0.15, 0.2) is 0 Å².